The fraction of sp³-hybridized carbons (Fsp3) is 0.214. The summed E-state index contributed by atoms with van der Waals surface area (Å²) in [6, 6.07) is 4.98. The lowest BCUT2D eigenvalue weighted by Crippen LogP contribution is -2.29. The van der Waals surface area contributed by atoms with Crippen molar-refractivity contribution in [1.82, 2.24) is 13.7 Å². The average Bonchev–Trinajstić information content (AvgIpc) is 2.96. The van der Waals surface area contributed by atoms with Gasteiger partial charge in [0.25, 0.3) is 0 Å². The number of aromatic nitrogens is 3. The van der Waals surface area contributed by atoms with Gasteiger partial charge in [-0.3, -0.25) is 4.79 Å². The number of rotatable bonds is 3. The Hall–Kier alpha value is -1.83. The molecule has 1 aromatic carbocycles. The Bertz CT molecular complexity index is 980. The molecule has 0 spiro atoms. The highest BCUT2D eigenvalue weighted by Crippen LogP contribution is 2.23. The number of aryl methyl sites for hydroxylation is 2. The molecule has 0 atom stereocenters. The van der Waals surface area contributed by atoms with Crippen LogP contribution in [0.2, 0.25) is 10.0 Å². The van der Waals surface area contributed by atoms with E-state index in [1.165, 1.54) is 3.96 Å². The molecule has 0 radical (unpaired) electrons. The first-order valence-corrected chi connectivity index (χ1v) is 8.11. The van der Waals surface area contributed by atoms with Crippen LogP contribution in [-0.2, 0) is 6.54 Å². The third-order valence-electron chi connectivity index (χ3n) is 3.32. The molecule has 23 heavy (non-hydrogen) atoms. The van der Waals surface area contributed by atoms with Crippen LogP contribution in [0.15, 0.2) is 32.3 Å². The minimum Gasteiger partial charge on any atom is -0.359 e. The molecule has 0 aliphatic heterocycles. The van der Waals surface area contributed by atoms with Crippen molar-refractivity contribution >= 4 is 34.7 Å². The number of benzene rings is 1. The second kappa shape index (κ2) is 5.99. The van der Waals surface area contributed by atoms with E-state index in [-0.39, 0.29) is 11.4 Å². The zero-order valence-corrected chi connectivity index (χ0v) is 14.5. The maximum absolute atomic E-state index is 12.6. The molecule has 0 aliphatic rings. The van der Waals surface area contributed by atoms with E-state index in [0.29, 0.717) is 32.8 Å². The maximum atomic E-state index is 12.6. The molecule has 3 aromatic rings. The summed E-state index contributed by atoms with van der Waals surface area (Å²) in [5, 5.41) is 4.60. The van der Waals surface area contributed by atoms with Crippen LogP contribution in [0.4, 0.5) is 0 Å². The highest BCUT2D eigenvalue weighted by Gasteiger charge is 2.18. The van der Waals surface area contributed by atoms with Crippen LogP contribution < -0.4 is 10.6 Å². The Morgan fingerprint density at radius 1 is 1.22 bits per heavy atom. The topological polar surface area (TPSA) is 70.0 Å². The summed E-state index contributed by atoms with van der Waals surface area (Å²) in [6.07, 6.45) is 0. The van der Waals surface area contributed by atoms with Crippen LogP contribution in [0.3, 0.4) is 0 Å². The lowest BCUT2D eigenvalue weighted by Gasteiger charge is -2.03. The Labute approximate surface area is 144 Å². The second-order valence-electron chi connectivity index (χ2n) is 4.94. The van der Waals surface area contributed by atoms with Crippen LogP contribution in [0, 0.1) is 13.8 Å². The molecule has 0 bridgehead atoms. The van der Waals surface area contributed by atoms with Crippen LogP contribution in [-0.4, -0.2) is 13.7 Å². The van der Waals surface area contributed by atoms with Crippen LogP contribution in [0.5, 0.6) is 0 Å². The van der Waals surface area contributed by atoms with E-state index >= 15 is 0 Å². The molecule has 0 unspecified atom stereocenters. The summed E-state index contributed by atoms with van der Waals surface area (Å²) < 4.78 is 7.48. The number of nitrogens with zero attached hydrogens (tertiary/aromatic N) is 3. The molecule has 0 amide bonds. The third-order valence-corrected chi connectivity index (χ3v) is 4.95. The number of hydrogen-bond acceptors (Lipinski definition) is 5. The number of hydrogen-bond donors (Lipinski definition) is 0. The lowest BCUT2D eigenvalue weighted by molar-refractivity contribution is 0.393. The van der Waals surface area contributed by atoms with Crippen molar-refractivity contribution in [3.63, 3.8) is 0 Å². The van der Waals surface area contributed by atoms with Gasteiger partial charge in [-0.15, -0.1) is 0 Å². The Balaban J connectivity index is 2.07. The monoisotopic (exact) mass is 371 g/mol. The Kier molecular flexibility index (Phi) is 4.18. The zero-order chi connectivity index (χ0) is 16.7. The van der Waals surface area contributed by atoms with E-state index in [1.54, 1.807) is 32.0 Å². The highest BCUT2D eigenvalue weighted by molar-refractivity contribution is 7.03. The largest absolute Gasteiger partial charge is 0.359 e. The fourth-order valence-electron chi connectivity index (χ4n) is 2.22. The van der Waals surface area contributed by atoms with E-state index in [0.717, 1.165) is 16.1 Å². The number of halogens is 2. The van der Waals surface area contributed by atoms with Crippen molar-refractivity contribution in [1.29, 1.82) is 0 Å². The standard InChI is InChI=1S/C14H11Cl2N3O3S/c1-7-12(8(2)22-17-7)19-13(20)18(14(21)23-19)6-9-3-4-10(15)11(16)5-9/h3-5H,6H2,1-2H3. The predicted octanol–water partition coefficient (Wildman–Crippen LogP) is 3.02. The Morgan fingerprint density at radius 2 is 1.96 bits per heavy atom. The SMILES string of the molecule is Cc1noc(C)c1-n1sc(=O)n(Cc2ccc(Cl)c(Cl)c2)c1=O. The summed E-state index contributed by atoms with van der Waals surface area (Å²) in [7, 11) is 0. The molecule has 2 aromatic heterocycles. The van der Waals surface area contributed by atoms with Gasteiger partial charge in [-0.1, -0.05) is 34.4 Å². The third kappa shape index (κ3) is 2.87. The molecule has 0 saturated carbocycles. The second-order valence-corrected chi connectivity index (χ2v) is 6.65. The van der Waals surface area contributed by atoms with Crippen LogP contribution in [0.1, 0.15) is 17.0 Å². The summed E-state index contributed by atoms with van der Waals surface area (Å²) in [4.78, 5) is 24.4. The van der Waals surface area contributed by atoms with E-state index in [2.05, 4.69) is 5.16 Å². The van der Waals surface area contributed by atoms with Gasteiger partial charge in [0.15, 0.2) is 5.76 Å². The molecule has 0 saturated heterocycles. The molecule has 0 N–H and O–H groups in total. The first-order chi connectivity index (χ1) is 10.9. The first kappa shape index (κ1) is 16.0. The van der Waals surface area contributed by atoms with Crippen molar-refractivity contribution in [2.45, 2.75) is 20.4 Å². The van der Waals surface area contributed by atoms with Gasteiger partial charge in [-0.05, 0) is 31.5 Å². The smallest absolute Gasteiger partial charge is 0.346 e. The van der Waals surface area contributed by atoms with Crippen molar-refractivity contribution in [3.05, 3.63) is 65.4 Å². The first-order valence-electron chi connectivity index (χ1n) is 6.59. The van der Waals surface area contributed by atoms with Crippen molar-refractivity contribution in [2.75, 3.05) is 0 Å². The van der Waals surface area contributed by atoms with Crippen molar-refractivity contribution in [3.8, 4) is 5.69 Å². The van der Waals surface area contributed by atoms with Gasteiger partial charge in [0, 0.05) is 11.5 Å². The molecule has 6 nitrogen and oxygen atoms in total. The van der Waals surface area contributed by atoms with E-state index in [9.17, 15) is 9.59 Å². The molecular formula is C14H11Cl2N3O3S. The zero-order valence-electron chi connectivity index (χ0n) is 12.2. The minimum atomic E-state index is -0.444. The van der Waals surface area contributed by atoms with Gasteiger partial charge >= 0.3 is 10.6 Å². The van der Waals surface area contributed by atoms with Gasteiger partial charge in [0.1, 0.15) is 11.4 Å². The van der Waals surface area contributed by atoms with Gasteiger partial charge in [-0.25, -0.2) is 13.3 Å². The van der Waals surface area contributed by atoms with Gasteiger partial charge in [0.05, 0.1) is 16.6 Å². The molecular weight excluding hydrogens is 361 g/mol. The minimum absolute atomic E-state index is 0.113. The molecule has 0 fully saturated rings. The van der Waals surface area contributed by atoms with Gasteiger partial charge < -0.3 is 4.52 Å². The summed E-state index contributed by atoms with van der Waals surface area (Å²) >= 11 is 12.6. The van der Waals surface area contributed by atoms with E-state index in [1.807, 2.05) is 0 Å². The van der Waals surface area contributed by atoms with Gasteiger partial charge in [0.2, 0.25) is 0 Å². The van der Waals surface area contributed by atoms with E-state index in [4.69, 9.17) is 27.7 Å². The van der Waals surface area contributed by atoms with Gasteiger partial charge in [-0.2, -0.15) is 0 Å². The fourth-order valence-corrected chi connectivity index (χ4v) is 3.46. The molecule has 9 heteroatoms. The summed E-state index contributed by atoms with van der Waals surface area (Å²) in [6.45, 7) is 3.52. The summed E-state index contributed by atoms with van der Waals surface area (Å²) in [5.41, 5.74) is 1.32. The highest BCUT2D eigenvalue weighted by atomic mass is 35.5. The predicted molar refractivity (Wildman–Crippen MR) is 89.3 cm³/mol. The normalized spacial score (nSPS) is 11.1. The average molecular weight is 372 g/mol. The quantitative estimate of drug-likeness (QED) is 0.709. The molecule has 3 rings (SSSR count). The molecule has 0 aliphatic carbocycles. The maximum Gasteiger partial charge on any atom is 0.346 e. The van der Waals surface area contributed by atoms with Crippen LogP contribution in [0.25, 0.3) is 5.69 Å². The van der Waals surface area contributed by atoms with Crippen molar-refractivity contribution < 1.29 is 4.52 Å². The van der Waals surface area contributed by atoms with Crippen LogP contribution >= 0.6 is 34.7 Å². The van der Waals surface area contributed by atoms with E-state index < -0.39 is 5.69 Å². The Morgan fingerprint density at radius 3 is 2.57 bits per heavy atom. The lowest BCUT2D eigenvalue weighted by atomic mass is 10.2. The molecule has 120 valence electrons. The molecule has 2 heterocycles. The summed E-state index contributed by atoms with van der Waals surface area (Å²) in [5.74, 6) is 0.479. The van der Waals surface area contributed by atoms with Crippen molar-refractivity contribution in [2.24, 2.45) is 0 Å².